The van der Waals surface area contributed by atoms with Crippen molar-refractivity contribution < 1.29 is 4.79 Å². The van der Waals surface area contributed by atoms with E-state index in [2.05, 4.69) is 42.4 Å². The Hall–Kier alpha value is -3.33. The molecule has 1 fully saturated rings. The summed E-state index contributed by atoms with van der Waals surface area (Å²) in [4.78, 5) is 34.3. The number of nitrogens with one attached hydrogen (secondary N) is 2. The van der Waals surface area contributed by atoms with Crippen molar-refractivity contribution >= 4 is 40.2 Å². The summed E-state index contributed by atoms with van der Waals surface area (Å²) in [6, 6.07) is 7.52. The van der Waals surface area contributed by atoms with E-state index in [1.54, 1.807) is 12.4 Å². The van der Waals surface area contributed by atoms with Crippen molar-refractivity contribution in [3.63, 3.8) is 0 Å². The molecular weight excluding hydrogens is 368 g/mol. The van der Waals surface area contributed by atoms with Gasteiger partial charge in [-0.3, -0.25) is 4.79 Å². The molecule has 0 bridgehead atoms. The number of benzene rings is 1. The van der Waals surface area contributed by atoms with Gasteiger partial charge in [0.15, 0.2) is 17.0 Å². The Kier molecular flexibility index (Phi) is 5.48. The van der Waals surface area contributed by atoms with E-state index in [0.29, 0.717) is 29.4 Å². The van der Waals surface area contributed by atoms with Gasteiger partial charge in [-0.25, -0.2) is 9.97 Å². The fourth-order valence-corrected chi connectivity index (χ4v) is 3.15. The Morgan fingerprint density at radius 2 is 1.83 bits per heavy atom. The van der Waals surface area contributed by atoms with Gasteiger partial charge in [0.1, 0.15) is 0 Å². The second-order valence-electron chi connectivity index (χ2n) is 7.00. The van der Waals surface area contributed by atoms with Crippen LogP contribution < -0.4 is 15.5 Å². The van der Waals surface area contributed by atoms with Gasteiger partial charge in [-0.15, -0.1) is 0 Å². The van der Waals surface area contributed by atoms with Crippen LogP contribution in [0.3, 0.4) is 0 Å². The Balaban J connectivity index is 1.66. The second kappa shape index (κ2) is 8.36. The summed E-state index contributed by atoms with van der Waals surface area (Å²) in [7, 11) is 2.11. The Bertz CT molecular complexity index is 1020. The maximum absolute atomic E-state index is 11.7. The lowest BCUT2D eigenvalue weighted by Gasteiger charge is -2.32. The SMILES string of the molecule is CCC(=O)Nc1cccc(Nc2nc(N3CCN(C)CC3)nc3nccnc23)c1. The zero-order valence-corrected chi connectivity index (χ0v) is 16.6. The van der Waals surface area contributed by atoms with Crippen LogP contribution in [-0.4, -0.2) is 64.0 Å². The average molecular weight is 392 g/mol. The topological polar surface area (TPSA) is 99.2 Å². The van der Waals surface area contributed by atoms with E-state index in [1.165, 1.54) is 0 Å². The molecule has 0 radical (unpaired) electrons. The molecule has 0 saturated carbocycles. The summed E-state index contributed by atoms with van der Waals surface area (Å²) in [5.41, 5.74) is 2.68. The largest absolute Gasteiger partial charge is 0.338 e. The highest BCUT2D eigenvalue weighted by atomic mass is 16.1. The summed E-state index contributed by atoms with van der Waals surface area (Å²) in [5, 5.41) is 6.19. The van der Waals surface area contributed by atoms with Crippen molar-refractivity contribution in [3.05, 3.63) is 36.7 Å². The average Bonchev–Trinajstić information content (AvgIpc) is 2.74. The number of nitrogens with zero attached hydrogens (tertiary/aromatic N) is 6. The predicted molar refractivity (Wildman–Crippen MR) is 113 cm³/mol. The smallest absolute Gasteiger partial charge is 0.229 e. The summed E-state index contributed by atoms with van der Waals surface area (Å²) >= 11 is 0. The molecule has 0 atom stereocenters. The third-order valence-electron chi connectivity index (χ3n) is 4.84. The highest BCUT2D eigenvalue weighted by Gasteiger charge is 2.19. The maximum atomic E-state index is 11.7. The Morgan fingerprint density at radius 1 is 1.07 bits per heavy atom. The van der Waals surface area contributed by atoms with Gasteiger partial charge in [0.25, 0.3) is 0 Å². The van der Waals surface area contributed by atoms with Crippen LogP contribution in [0.1, 0.15) is 13.3 Å². The van der Waals surface area contributed by atoms with E-state index in [-0.39, 0.29) is 5.91 Å². The van der Waals surface area contributed by atoms with Gasteiger partial charge in [0.05, 0.1) is 0 Å². The van der Waals surface area contributed by atoms with Crippen molar-refractivity contribution in [2.75, 3.05) is 48.8 Å². The van der Waals surface area contributed by atoms with Gasteiger partial charge in [0, 0.05) is 56.4 Å². The molecule has 3 heterocycles. The third kappa shape index (κ3) is 4.40. The van der Waals surface area contributed by atoms with E-state index >= 15 is 0 Å². The molecule has 0 aliphatic carbocycles. The maximum Gasteiger partial charge on any atom is 0.229 e. The highest BCUT2D eigenvalue weighted by molar-refractivity contribution is 5.91. The lowest BCUT2D eigenvalue weighted by atomic mass is 10.2. The first-order chi connectivity index (χ1) is 14.1. The van der Waals surface area contributed by atoms with Crippen molar-refractivity contribution in [3.8, 4) is 0 Å². The van der Waals surface area contributed by atoms with Crippen molar-refractivity contribution in [2.24, 2.45) is 0 Å². The van der Waals surface area contributed by atoms with Crippen LogP contribution in [0.5, 0.6) is 0 Å². The van der Waals surface area contributed by atoms with Gasteiger partial charge >= 0.3 is 0 Å². The quantitative estimate of drug-likeness (QED) is 0.682. The molecule has 2 N–H and O–H groups in total. The number of hydrogen-bond acceptors (Lipinski definition) is 8. The van der Waals surface area contributed by atoms with Crippen LogP contribution in [0.4, 0.5) is 23.1 Å². The molecule has 29 heavy (non-hydrogen) atoms. The fraction of sp³-hybridized carbons (Fsp3) is 0.350. The van der Waals surface area contributed by atoms with E-state index in [0.717, 1.165) is 37.6 Å². The van der Waals surface area contributed by atoms with Crippen LogP contribution in [0.15, 0.2) is 36.7 Å². The number of fused-ring (bicyclic) bond motifs is 1. The molecule has 1 saturated heterocycles. The van der Waals surface area contributed by atoms with Crippen LogP contribution in [0.25, 0.3) is 11.2 Å². The number of piperazine rings is 1. The monoisotopic (exact) mass is 392 g/mol. The van der Waals surface area contributed by atoms with Gasteiger partial charge < -0.3 is 20.4 Å². The number of carbonyl (C=O) groups is 1. The summed E-state index contributed by atoms with van der Waals surface area (Å²) in [6.45, 7) is 5.47. The first-order valence-electron chi connectivity index (χ1n) is 9.71. The summed E-state index contributed by atoms with van der Waals surface area (Å²) < 4.78 is 0. The molecule has 9 nitrogen and oxygen atoms in total. The summed E-state index contributed by atoms with van der Waals surface area (Å²) in [6.07, 6.45) is 3.69. The van der Waals surface area contributed by atoms with Gasteiger partial charge in [-0.2, -0.15) is 9.97 Å². The molecule has 1 aliphatic rings. The summed E-state index contributed by atoms with van der Waals surface area (Å²) in [5.74, 6) is 1.21. The number of hydrogen-bond donors (Lipinski definition) is 2. The molecule has 1 aliphatic heterocycles. The minimum absolute atomic E-state index is 0.0298. The van der Waals surface area contributed by atoms with Crippen LogP contribution >= 0.6 is 0 Å². The number of anilines is 4. The third-order valence-corrected chi connectivity index (χ3v) is 4.84. The fourth-order valence-electron chi connectivity index (χ4n) is 3.15. The predicted octanol–water partition coefficient (Wildman–Crippen LogP) is 2.26. The lowest BCUT2D eigenvalue weighted by molar-refractivity contribution is -0.115. The molecule has 0 unspecified atom stereocenters. The number of rotatable bonds is 5. The zero-order valence-electron chi connectivity index (χ0n) is 16.6. The van der Waals surface area contributed by atoms with Crippen LogP contribution in [0, 0.1) is 0 Å². The molecule has 9 heteroatoms. The Morgan fingerprint density at radius 3 is 2.62 bits per heavy atom. The number of carbonyl (C=O) groups excluding carboxylic acids is 1. The molecule has 0 spiro atoms. The first kappa shape index (κ1) is 19.0. The van der Waals surface area contributed by atoms with Gasteiger partial charge in [0.2, 0.25) is 11.9 Å². The lowest BCUT2D eigenvalue weighted by Crippen LogP contribution is -2.45. The van der Waals surface area contributed by atoms with Crippen LogP contribution in [0.2, 0.25) is 0 Å². The van der Waals surface area contributed by atoms with Crippen molar-refractivity contribution in [2.45, 2.75) is 13.3 Å². The van der Waals surface area contributed by atoms with E-state index < -0.39 is 0 Å². The minimum atomic E-state index is -0.0298. The van der Waals surface area contributed by atoms with Crippen molar-refractivity contribution in [1.82, 2.24) is 24.8 Å². The zero-order chi connectivity index (χ0) is 20.2. The van der Waals surface area contributed by atoms with E-state index in [4.69, 9.17) is 4.98 Å². The molecule has 2 aromatic heterocycles. The first-order valence-corrected chi connectivity index (χ1v) is 9.71. The highest BCUT2D eigenvalue weighted by Crippen LogP contribution is 2.25. The molecule has 150 valence electrons. The number of likely N-dealkylation sites (N-methyl/N-ethyl adjacent to an activating group) is 1. The van der Waals surface area contributed by atoms with Gasteiger partial charge in [-0.05, 0) is 25.2 Å². The Labute approximate surface area is 169 Å². The standard InChI is InChI=1S/C20H24N8O/c1-3-16(29)23-14-5-4-6-15(13-14)24-19-17-18(22-8-7-21-17)25-20(26-19)28-11-9-27(2)10-12-28/h4-8,13H,3,9-12H2,1-2H3,(H,23,29)(H,22,24,25,26). The number of aromatic nitrogens is 4. The molecule has 4 rings (SSSR count). The van der Waals surface area contributed by atoms with Gasteiger partial charge in [-0.1, -0.05) is 13.0 Å². The molecule has 1 amide bonds. The van der Waals surface area contributed by atoms with E-state index in [9.17, 15) is 4.79 Å². The second-order valence-corrected chi connectivity index (χ2v) is 7.00. The minimum Gasteiger partial charge on any atom is -0.338 e. The number of amides is 1. The molecule has 1 aromatic carbocycles. The molecule has 3 aromatic rings. The van der Waals surface area contributed by atoms with Crippen LogP contribution in [-0.2, 0) is 4.79 Å². The normalized spacial score (nSPS) is 14.8. The van der Waals surface area contributed by atoms with E-state index in [1.807, 2.05) is 31.2 Å². The van der Waals surface area contributed by atoms with Crippen molar-refractivity contribution in [1.29, 1.82) is 0 Å². The molecular formula is C20H24N8O.